The minimum Gasteiger partial charge on any atom is -0.481 e. The first-order chi connectivity index (χ1) is 21.5. The van der Waals surface area contributed by atoms with Gasteiger partial charge in [-0.2, -0.15) is 11.8 Å². The maximum absolute atomic E-state index is 14.4. The van der Waals surface area contributed by atoms with Gasteiger partial charge < -0.3 is 15.2 Å². The van der Waals surface area contributed by atoms with Crippen LogP contribution in [0, 0.1) is 36.5 Å². The molecule has 11 atom stereocenters. The van der Waals surface area contributed by atoms with E-state index in [1.54, 1.807) is 16.3 Å². The number of fused-ring (bicyclic) bond motifs is 3. The summed E-state index contributed by atoms with van der Waals surface area (Å²) in [5.74, 6) is -2.27. The zero-order chi connectivity index (χ0) is 31.6. The van der Waals surface area contributed by atoms with Crippen molar-refractivity contribution in [1.82, 2.24) is 19.8 Å². The number of piperidine rings is 1. The van der Waals surface area contributed by atoms with Crippen molar-refractivity contribution in [2.24, 2.45) is 29.6 Å². The van der Waals surface area contributed by atoms with E-state index in [0.29, 0.717) is 63.0 Å². The highest BCUT2D eigenvalue weighted by Gasteiger charge is 2.55. The van der Waals surface area contributed by atoms with Crippen LogP contribution in [0.25, 0.3) is 0 Å². The Labute approximate surface area is 273 Å². The predicted octanol–water partition coefficient (Wildman–Crippen LogP) is 4.36. The molecule has 0 radical (unpaired) electrons. The van der Waals surface area contributed by atoms with Crippen molar-refractivity contribution in [3.63, 3.8) is 0 Å². The zero-order valence-electron chi connectivity index (χ0n) is 26.3. The van der Waals surface area contributed by atoms with E-state index in [9.17, 15) is 23.5 Å². The van der Waals surface area contributed by atoms with Gasteiger partial charge >= 0.3 is 5.97 Å². The Bertz CT molecular complexity index is 1350. The van der Waals surface area contributed by atoms with Gasteiger partial charge in [-0.3, -0.25) is 19.1 Å². The fourth-order valence-electron chi connectivity index (χ4n) is 9.83. The number of likely N-dealkylation sites (tertiary alicyclic amines) is 1. The van der Waals surface area contributed by atoms with Crippen molar-refractivity contribution >= 4 is 29.3 Å². The molecule has 2 saturated carbocycles. The van der Waals surface area contributed by atoms with Crippen LogP contribution in [0.3, 0.4) is 0 Å². The van der Waals surface area contributed by atoms with E-state index in [2.05, 4.69) is 17.1 Å². The summed E-state index contributed by atoms with van der Waals surface area (Å²) in [6.45, 7) is 5.97. The van der Waals surface area contributed by atoms with Crippen LogP contribution in [-0.4, -0.2) is 91.8 Å². The van der Waals surface area contributed by atoms with Crippen molar-refractivity contribution in [3.05, 3.63) is 27.4 Å². The summed E-state index contributed by atoms with van der Waals surface area (Å²) >= 11 is 8.51. The number of aromatic nitrogens is 2. The summed E-state index contributed by atoms with van der Waals surface area (Å²) in [4.78, 5) is 32.9. The number of rotatable bonds is 7. The van der Waals surface area contributed by atoms with E-state index in [-0.39, 0.29) is 64.6 Å². The molecule has 1 aromatic rings. The minimum absolute atomic E-state index is 0.00987. The molecule has 45 heavy (non-hydrogen) atoms. The number of carboxylic acids is 1. The fourth-order valence-corrected chi connectivity index (χ4v) is 12.0. The van der Waals surface area contributed by atoms with Crippen molar-refractivity contribution in [2.75, 3.05) is 25.4 Å². The summed E-state index contributed by atoms with van der Waals surface area (Å²) in [6, 6.07) is 0.301. The number of thioether (sulfide) groups is 1. The molecular weight excluding hydrogens is 622 g/mol. The van der Waals surface area contributed by atoms with Gasteiger partial charge in [-0.05, 0) is 83.0 Å². The van der Waals surface area contributed by atoms with Crippen LogP contribution in [0.15, 0.2) is 4.79 Å². The monoisotopic (exact) mass is 668 g/mol. The smallest absolute Gasteiger partial charge is 0.308 e. The second-order valence-electron chi connectivity index (χ2n) is 14.8. The Morgan fingerprint density at radius 2 is 2.02 bits per heavy atom. The first kappa shape index (κ1) is 32.3. The van der Waals surface area contributed by atoms with Gasteiger partial charge in [0.05, 0.1) is 30.9 Å². The molecule has 0 aromatic carbocycles. The highest BCUT2D eigenvalue weighted by Crippen LogP contribution is 2.50. The zero-order valence-corrected chi connectivity index (χ0v) is 27.9. The van der Waals surface area contributed by atoms with Crippen molar-refractivity contribution in [3.8, 4) is 0 Å². The number of hydrogen-bond donors (Lipinski definition) is 2. The molecule has 3 aliphatic heterocycles. The molecule has 12 heteroatoms. The van der Waals surface area contributed by atoms with Crippen molar-refractivity contribution in [1.29, 1.82) is 0 Å². The Morgan fingerprint density at radius 1 is 1.20 bits per heavy atom. The molecule has 8 unspecified atom stereocenters. The lowest BCUT2D eigenvalue weighted by molar-refractivity contribution is -0.142. The van der Waals surface area contributed by atoms with Crippen LogP contribution < -0.4 is 10.9 Å². The number of aryl methyl sites for hydroxylation is 2. The van der Waals surface area contributed by atoms with Crippen LogP contribution >= 0.6 is 23.4 Å². The topological polar surface area (TPSA) is 96.7 Å². The first-order valence-corrected chi connectivity index (χ1v) is 18.6. The van der Waals surface area contributed by atoms with Crippen LogP contribution in [0.1, 0.15) is 69.0 Å². The number of carbonyl (C=O) groups is 1. The molecule has 6 aliphatic rings. The summed E-state index contributed by atoms with van der Waals surface area (Å²) in [5.41, 5.74) is 1.58. The van der Waals surface area contributed by atoms with Gasteiger partial charge in [0.15, 0.2) is 0 Å². The highest BCUT2D eigenvalue weighted by atomic mass is 35.5. The summed E-state index contributed by atoms with van der Waals surface area (Å²) in [6.07, 6.45) is 6.31. The normalized spacial score (nSPS) is 41.0. The summed E-state index contributed by atoms with van der Waals surface area (Å²) in [7, 11) is 0. The van der Waals surface area contributed by atoms with E-state index in [1.165, 1.54) is 0 Å². The molecule has 2 N–H and O–H groups in total. The molecule has 0 spiro atoms. The molecule has 8 nitrogen and oxygen atoms in total. The van der Waals surface area contributed by atoms with E-state index in [0.717, 1.165) is 43.4 Å². The summed E-state index contributed by atoms with van der Waals surface area (Å²) in [5, 5.41) is 13.7. The van der Waals surface area contributed by atoms with E-state index in [1.807, 2.05) is 6.92 Å². The number of halogens is 3. The first-order valence-electron chi connectivity index (χ1n) is 17.1. The van der Waals surface area contributed by atoms with Crippen LogP contribution in [0.4, 0.5) is 8.78 Å². The van der Waals surface area contributed by atoms with Gasteiger partial charge in [0.2, 0.25) is 0 Å². The molecule has 7 rings (SSSR count). The second-order valence-corrected chi connectivity index (χ2v) is 16.6. The van der Waals surface area contributed by atoms with Gasteiger partial charge in [-0.15, -0.1) is 11.6 Å². The largest absolute Gasteiger partial charge is 0.481 e. The fraction of sp³-hybridized carbons (Fsp3) is 0.848. The van der Waals surface area contributed by atoms with Gasteiger partial charge in [-0.1, -0.05) is 0 Å². The number of hydrogen-bond acceptors (Lipinski definition) is 7. The number of alkyl halides is 3. The number of ether oxygens (including phenoxy) is 1. The third kappa shape index (κ3) is 6.11. The standard InChI is InChI=1S/C33H47ClF2N4O4S/c1-17-11-23(30-29(37-17)25(16-45-30)32(42)43)22-12-20(34)3-6-28(22)44-10-9-40-18(2)38-27-5-4-21(13-24(27)31(40)41)39-14-19-7-8-33(35,36)26(19)15-39/h17,19-23,25-26,28-30,37H,3-16H2,1-2H3,(H,42,43)/t17?,19-,20?,21-,22?,23?,25?,26+,28?,29?,30?/m0/s1. The predicted molar refractivity (Wildman–Crippen MR) is 170 cm³/mol. The highest BCUT2D eigenvalue weighted by molar-refractivity contribution is 8.00. The Hall–Kier alpha value is -1.27. The van der Waals surface area contributed by atoms with Crippen molar-refractivity contribution in [2.45, 2.75) is 119 Å². The third-order valence-corrected chi connectivity index (χ3v) is 14.1. The Balaban J connectivity index is 1.02. The van der Waals surface area contributed by atoms with Gasteiger partial charge in [0.1, 0.15) is 5.82 Å². The van der Waals surface area contributed by atoms with Crippen LogP contribution in [-0.2, 0) is 28.9 Å². The number of carboxylic acid groups (broad SMARTS) is 1. The third-order valence-electron chi connectivity index (χ3n) is 12.1. The lowest BCUT2D eigenvalue weighted by Gasteiger charge is -2.47. The van der Waals surface area contributed by atoms with Crippen LogP contribution in [0.2, 0.25) is 0 Å². The molecule has 0 amide bonds. The number of nitrogens with one attached hydrogen (secondary N) is 1. The average molecular weight is 669 g/mol. The lowest BCUT2D eigenvalue weighted by Crippen LogP contribution is -2.57. The molecule has 250 valence electrons. The number of nitrogens with zero attached hydrogens (tertiary/aromatic N) is 3. The average Bonchev–Trinajstić information content (AvgIpc) is 3.70. The maximum atomic E-state index is 14.4. The molecular formula is C33H47ClF2N4O4S. The molecule has 3 aliphatic carbocycles. The second kappa shape index (κ2) is 12.6. The quantitative estimate of drug-likeness (QED) is 0.414. The molecule has 5 fully saturated rings. The van der Waals surface area contributed by atoms with E-state index >= 15 is 0 Å². The Kier molecular flexibility index (Phi) is 9.07. The van der Waals surface area contributed by atoms with Crippen molar-refractivity contribution < 1.29 is 23.4 Å². The minimum atomic E-state index is -2.57. The molecule has 0 bridgehead atoms. The van der Waals surface area contributed by atoms with Crippen LogP contribution in [0.5, 0.6) is 0 Å². The van der Waals surface area contributed by atoms with Gasteiger partial charge in [0.25, 0.3) is 11.5 Å². The SMILES string of the molecule is Cc1nc2c(c(=O)n1CCOC1CCC(Cl)CC1C1CC(C)NC3C(C(=O)O)CSC13)C[C@@H](N1C[C@@H]3CCC(F)(F)[C@@H]3C1)CC2. The van der Waals surface area contributed by atoms with E-state index < -0.39 is 17.8 Å². The molecule has 3 saturated heterocycles. The van der Waals surface area contributed by atoms with E-state index in [4.69, 9.17) is 21.3 Å². The molecule has 1 aromatic heterocycles. The Morgan fingerprint density at radius 3 is 2.80 bits per heavy atom. The van der Waals surface area contributed by atoms with Gasteiger partial charge in [0, 0.05) is 65.5 Å². The maximum Gasteiger partial charge on any atom is 0.308 e. The number of aliphatic carboxylic acids is 1. The summed E-state index contributed by atoms with van der Waals surface area (Å²) < 4.78 is 37.2. The molecule has 4 heterocycles. The lowest BCUT2D eigenvalue weighted by atomic mass is 9.70. The van der Waals surface area contributed by atoms with Gasteiger partial charge in [-0.25, -0.2) is 13.8 Å².